The molecule has 0 heteroatoms. The molecule has 9 aromatic carbocycles. The summed E-state index contributed by atoms with van der Waals surface area (Å²) in [5, 5.41) is 0. The lowest BCUT2D eigenvalue weighted by molar-refractivity contribution is 0.634. The summed E-state index contributed by atoms with van der Waals surface area (Å²) < 4.78 is 0. The van der Waals surface area contributed by atoms with Crippen LogP contribution in [0.4, 0.5) is 0 Å². The van der Waals surface area contributed by atoms with E-state index in [-0.39, 0.29) is 0 Å². The second-order valence-electron chi connectivity index (χ2n) is 15.5. The third-order valence-corrected chi connectivity index (χ3v) is 12.9. The van der Waals surface area contributed by atoms with Gasteiger partial charge in [-0.05, 0) is 118 Å². The number of benzene rings is 9. The van der Waals surface area contributed by atoms with Gasteiger partial charge in [-0.25, -0.2) is 0 Å². The Bertz CT molecular complexity index is 2870. The van der Waals surface area contributed by atoms with Crippen molar-refractivity contribution in [1.29, 1.82) is 0 Å². The van der Waals surface area contributed by atoms with Gasteiger partial charge < -0.3 is 0 Å². The lowest BCUT2D eigenvalue weighted by Crippen LogP contribution is -2.44. The lowest BCUT2D eigenvalue weighted by Gasteiger charge is -2.49. The molecule has 2 spiro atoms. The summed E-state index contributed by atoms with van der Waals surface area (Å²) in [6, 6.07) is 82.2. The second-order valence-corrected chi connectivity index (χ2v) is 15.5. The molecule has 0 saturated carbocycles. The Morgan fingerprint density at radius 2 is 0.518 bits per heavy atom. The number of hydrogen-bond acceptors (Lipinski definition) is 0. The van der Waals surface area contributed by atoms with Crippen LogP contribution in [0, 0.1) is 0 Å². The van der Waals surface area contributed by atoms with E-state index in [1.807, 2.05) is 0 Å². The van der Waals surface area contributed by atoms with Crippen LogP contribution in [0.3, 0.4) is 0 Å². The fourth-order valence-electron chi connectivity index (χ4n) is 10.9. The molecule has 0 aliphatic heterocycles. The van der Waals surface area contributed by atoms with E-state index in [1.54, 1.807) is 0 Å². The third-order valence-electron chi connectivity index (χ3n) is 12.9. The summed E-state index contributed by atoms with van der Waals surface area (Å²) in [5.41, 5.74) is 22.3. The summed E-state index contributed by atoms with van der Waals surface area (Å²) in [4.78, 5) is 0. The molecule has 0 nitrogen and oxygen atoms in total. The predicted octanol–water partition coefficient (Wildman–Crippen LogP) is 13.7. The second kappa shape index (κ2) is 11.7. The van der Waals surface area contributed by atoms with Gasteiger partial charge in [0.15, 0.2) is 0 Å². The van der Waals surface area contributed by atoms with Crippen molar-refractivity contribution in [3.8, 4) is 55.6 Å². The first-order valence-corrected chi connectivity index (χ1v) is 19.7. The van der Waals surface area contributed by atoms with E-state index >= 15 is 0 Å². The maximum absolute atomic E-state index is 2.46. The Hall–Kier alpha value is -7.02. The molecule has 3 aliphatic carbocycles. The first-order valence-electron chi connectivity index (χ1n) is 19.7. The molecule has 9 aromatic rings. The van der Waals surface area contributed by atoms with Gasteiger partial charge in [-0.15, -0.1) is 0 Å². The van der Waals surface area contributed by atoms with Gasteiger partial charge in [-0.1, -0.05) is 200 Å². The predicted molar refractivity (Wildman–Crippen MR) is 231 cm³/mol. The van der Waals surface area contributed by atoms with E-state index in [1.165, 1.54) is 100 Å². The first-order chi connectivity index (χ1) is 27.8. The zero-order valence-electron chi connectivity index (χ0n) is 30.8. The molecule has 0 bridgehead atoms. The summed E-state index contributed by atoms with van der Waals surface area (Å²) in [7, 11) is 0. The molecule has 0 heterocycles. The normalized spacial score (nSPS) is 14.4. The topological polar surface area (TPSA) is 0 Å². The van der Waals surface area contributed by atoms with Crippen LogP contribution in [0.25, 0.3) is 55.6 Å². The standard InChI is InChI=1S/C56H36/c1-3-18-37(19-4-1)39-34-40(38-20-5-2-6-21-38)36-41(35-39)42-26-17-33-53-54(42)56(49-29-13-9-24-45(49)46-25-10-14-30-50(46)56)52-32-16-15-31-51(52)55(53)47-27-11-7-22-43(47)44-23-8-12-28-48(44)55/h1-36H. The third kappa shape index (κ3) is 3.98. The van der Waals surface area contributed by atoms with E-state index in [9.17, 15) is 0 Å². The fourth-order valence-corrected chi connectivity index (χ4v) is 10.9. The van der Waals surface area contributed by atoms with Crippen LogP contribution in [0.5, 0.6) is 0 Å². The van der Waals surface area contributed by atoms with Crippen LogP contribution >= 0.6 is 0 Å². The fraction of sp³-hybridized carbons (Fsp3) is 0.0357. The minimum absolute atomic E-state index is 0.522. The summed E-state index contributed by atoms with van der Waals surface area (Å²) in [6.45, 7) is 0. The van der Waals surface area contributed by atoms with Crippen molar-refractivity contribution in [3.05, 3.63) is 263 Å². The highest BCUT2D eigenvalue weighted by atomic mass is 14.6. The van der Waals surface area contributed by atoms with Gasteiger partial charge in [0.2, 0.25) is 0 Å². The van der Waals surface area contributed by atoms with Gasteiger partial charge in [0.25, 0.3) is 0 Å². The van der Waals surface area contributed by atoms with Crippen LogP contribution in [-0.2, 0) is 10.8 Å². The molecular formula is C56H36. The van der Waals surface area contributed by atoms with Crippen LogP contribution in [0.2, 0.25) is 0 Å². The zero-order valence-corrected chi connectivity index (χ0v) is 30.8. The van der Waals surface area contributed by atoms with Crippen LogP contribution in [-0.4, -0.2) is 0 Å². The minimum Gasteiger partial charge on any atom is -0.0622 e. The summed E-state index contributed by atoms with van der Waals surface area (Å²) in [5.74, 6) is 0. The molecule has 0 saturated heterocycles. The van der Waals surface area contributed by atoms with Crippen molar-refractivity contribution in [1.82, 2.24) is 0 Å². The van der Waals surface area contributed by atoms with Gasteiger partial charge >= 0.3 is 0 Å². The van der Waals surface area contributed by atoms with Gasteiger partial charge in [0.1, 0.15) is 0 Å². The van der Waals surface area contributed by atoms with Gasteiger partial charge in [0.05, 0.1) is 10.8 Å². The zero-order chi connectivity index (χ0) is 36.8. The number of fused-ring (bicyclic) bond motifs is 16. The van der Waals surface area contributed by atoms with Crippen molar-refractivity contribution in [3.63, 3.8) is 0 Å². The van der Waals surface area contributed by atoms with Crippen molar-refractivity contribution in [2.24, 2.45) is 0 Å². The molecule has 0 radical (unpaired) electrons. The van der Waals surface area contributed by atoms with Gasteiger partial charge in [0, 0.05) is 0 Å². The maximum atomic E-state index is 2.46. The Balaban J connectivity index is 1.29. The van der Waals surface area contributed by atoms with Crippen molar-refractivity contribution in [2.45, 2.75) is 10.8 Å². The molecule has 0 N–H and O–H groups in total. The van der Waals surface area contributed by atoms with Gasteiger partial charge in [-0.2, -0.15) is 0 Å². The van der Waals surface area contributed by atoms with Gasteiger partial charge in [-0.3, -0.25) is 0 Å². The highest BCUT2D eigenvalue weighted by Gasteiger charge is 2.59. The molecule has 0 fully saturated rings. The molecule has 0 atom stereocenters. The number of hydrogen-bond donors (Lipinski definition) is 0. The molecule has 0 unspecified atom stereocenters. The smallest absolute Gasteiger partial charge is 0.0622 e. The van der Waals surface area contributed by atoms with E-state index in [0.29, 0.717) is 0 Å². The average Bonchev–Trinajstić information content (AvgIpc) is 3.74. The minimum atomic E-state index is -0.566. The van der Waals surface area contributed by atoms with E-state index in [0.717, 1.165) is 0 Å². The molecule has 12 rings (SSSR count). The Labute approximate surface area is 328 Å². The Morgan fingerprint density at radius 1 is 0.196 bits per heavy atom. The SMILES string of the molecule is c1ccc(-c2cc(-c3ccccc3)cc(-c3cccc4c3C3(c5ccccc5-c5ccccc53)c3ccccc3C43c4ccccc4-c4ccccc43)c2)cc1. The molecule has 56 heavy (non-hydrogen) atoms. The lowest BCUT2D eigenvalue weighted by atomic mass is 9.51. The van der Waals surface area contributed by atoms with Crippen LogP contribution in [0.1, 0.15) is 44.5 Å². The van der Waals surface area contributed by atoms with Crippen molar-refractivity contribution in [2.75, 3.05) is 0 Å². The Kier molecular flexibility index (Phi) is 6.57. The van der Waals surface area contributed by atoms with Crippen LogP contribution < -0.4 is 0 Å². The van der Waals surface area contributed by atoms with E-state index in [4.69, 9.17) is 0 Å². The van der Waals surface area contributed by atoms with E-state index < -0.39 is 10.8 Å². The van der Waals surface area contributed by atoms with E-state index in [2.05, 4.69) is 218 Å². The largest absolute Gasteiger partial charge is 0.0725 e. The Morgan fingerprint density at radius 3 is 0.982 bits per heavy atom. The molecular weight excluding hydrogens is 673 g/mol. The monoisotopic (exact) mass is 708 g/mol. The maximum Gasteiger partial charge on any atom is 0.0725 e. The van der Waals surface area contributed by atoms with Crippen molar-refractivity contribution < 1.29 is 0 Å². The highest BCUT2D eigenvalue weighted by molar-refractivity contribution is 5.96. The van der Waals surface area contributed by atoms with Crippen LogP contribution in [0.15, 0.2) is 218 Å². The summed E-state index contributed by atoms with van der Waals surface area (Å²) in [6.07, 6.45) is 0. The molecule has 3 aliphatic rings. The first kappa shape index (κ1) is 31.3. The average molecular weight is 709 g/mol. The molecule has 0 aromatic heterocycles. The quantitative estimate of drug-likeness (QED) is 0.171. The number of rotatable bonds is 3. The summed E-state index contributed by atoms with van der Waals surface area (Å²) >= 11 is 0. The molecule has 0 amide bonds. The molecule has 260 valence electrons. The van der Waals surface area contributed by atoms with Crippen molar-refractivity contribution >= 4 is 0 Å². The highest BCUT2D eigenvalue weighted by Crippen LogP contribution is 2.68.